The van der Waals surface area contributed by atoms with E-state index < -0.39 is 17.3 Å². The Morgan fingerprint density at radius 1 is 1.28 bits per heavy atom. The molecule has 2 saturated heterocycles. The standard InChI is InChI=1S/C13H31BN6O4S/c15-4-5-20(13-7-18-12(13)6-16)25(23,24)19-8-10(11(17)9-19)2-1-3-14(21)22/h10-13,18,21-22H,1-9,15-17H2/t10-,11-,12?,13?/m0/s1. The molecule has 25 heavy (non-hydrogen) atoms. The van der Waals surface area contributed by atoms with Gasteiger partial charge in [0.25, 0.3) is 10.2 Å². The summed E-state index contributed by atoms with van der Waals surface area (Å²) in [5.41, 5.74) is 17.4. The van der Waals surface area contributed by atoms with Crippen molar-refractivity contribution in [2.24, 2.45) is 23.1 Å². The molecule has 0 bridgehead atoms. The van der Waals surface area contributed by atoms with Gasteiger partial charge in [-0.1, -0.05) is 6.42 Å². The summed E-state index contributed by atoms with van der Waals surface area (Å²) in [7, 11) is -5.00. The van der Waals surface area contributed by atoms with Gasteiger partial charge < -0.3 is 32.6 Å². The Kier molecular flexibility index (Phi) is 7.61. The highest BCUT2D eigenvalue weighted by Crippen LogP contribution is 2.27. The highest BCUT2D eigenvalue weighted by atomic mass is 32.2. The molecular weight excluding hydrogens is 347 g/mol. The maximum atomic E-state index is 13.1. The first kappa shape index (κ1) is 21.0. The van der Waals surface area contributed by atoms with Gasteiger partial charge in [0, 0.05) is 51.4 Å². The molecule has 2 aliphatic rings. The predicted molar refractivity (Wildman–Crippen MR) is 96.6 cm³/mol. The van der Waals surface area contributed by atoms with Crippen molar-refractivity contribution in [2.75, 3.05) is 39.3 Å². The van der Waals surface area contributed by atoms with Gasteiger partial charge in [0.2, 0.25) is 0 Å². The first-order valence-corrected chi connectivity index (χ1v) is 10.2. The van der Waals surface area contributed by atoms with E-state index in [0.29, 0.717) is 32.5 Å². The van der Waals surface area contributed by atoms with E-state index in [2.05, 4.69) is 5.32 Å². The zero-order valence-corrected chi connectivity index (χ0v) is 15.3. The molecule has 146 valence electrons. The molecule has 0 radical (unpaired) electrons. The minimum atomic E-state index is -3.66. The number of nitrogens with two attached hydrogens (primary N) is 3. The first-order chi connectivity index (χ1) is 11.8. The van der Waals surface area contributed by atoms with Crippen LogP contribution in [0.2, 0.25) is 6.32 Å². The van der Waals surface area contributed by atoms with Gasteiger partial charge in [0.1, 0.15) is 0 Å². The average molecular weight is 378 g/mol. The van der Waals surface area contributed by atoms with Crippen LogP contribution in [-0.4, -0.2) is 91.6 Å². The normalized spacial score (nSPS) is 30.6. The minimum absolute atomic E-state index is 0.0121. The Morgan fingerprint density at radius 3 is 2.52 bits per heavy atom. The number of rotatable bonds is 10. The van der Waals surface area contributed by atoms with Crippen molar-refractivity contribution in [2.45, 2.75) is 37.3 Å². The van der Waals surface area contributed by atoms with Crippen LogP contribution in [0.3, 0.4) is 0 Å². The van der Waals surface area contributed by atoms with Crippen LogP contribution < -0.4 is 22.5 Å². The molecule has 0 aromatic carbocycles. The lowest BCUT2D eigenvalue weighted by atomic mass is 9.82. The molecule has 0 amide bonds. The summed E-state index contributed by atoms with van der Waals surface area (Å²) in [5.74, 6) is 0.0121. The van der Waals surface area contributed by atoms with Crippen LogP contribution in [0.25, 0.3) is 0 Å². The molecule has 12 heteroatoms. The molecule has 0 aromatic heterocycles. The van der Waals surface area contributed by atoms with Crippen LogP contribution >= 0.6 is 0 Å². The van der Waals surface area contributed by atoms with E-state index in [1.807, 2.05) is 0 Å². The SMILES string of the molecule is NCCN(C1CNC1CN)S(=O)(=O)N1C[C@H](CCCB(O)O)[C@@H](N)C1. The maximum Gasteiger partial charge on any atom is 0.451 e. The van der Waals surface area contributed by atoms with Crippen LogP contribution in [0, 0.1) is 5.92 Å². The molecule has 2 aliphatic heterocycles. The lowest BCUT2D eigenvalue weighted by Gasteiger charge is -2.44. The van der Waals surface area contributed by atoms with E-state index in [9.17, 15) is 8.42 Å². The summed E-state index contributed by atoms with van der Waals surface area (Å²) in [4.78, 5) is 0. The zero-order valence-electron chi connectivity index (χ0n) is 14.5. The summed E-state index contributed by atoms with van der Waals surface area (Å²) in [6, 6.07) is -0.493. The fourth-order valence-corrected chi connectivity index (χ4v) is 5.51. The van der Waals surface area contributed by atoms with Crippen molar-refractivity contribution in [3.8, 4) is 0 Å². The summed E-state index contributed by atoms with van der Waals surface area (Å²) in [6.45, 7) is 2.04. The van der Waals surface area contributed by atoms with Crippen LogP contribution in [0.1, 0.15) is 12.8 Å². The van der Waals surface area contributed by atoms with Crippen molar-refractivity contribution < 1.29 is 18.5 Å². The molecule has 2 rings (SSSR count). The van der Waals surface area contributed by atoms with Crippen LogP contribution in [0.15, 0.2) is 0 Å². The minimum Gasteiger partial charge on any atom is -0.427 e. The summed E-state index contributed by atoms with van der Waals surface area (Å²) in [5, 5.41) is 21.0. The van der Waals surface area contributed by atoms with Gasteiger partial charge in [0.15, 0.2) is 0 Å². The highest BCUT2D eigenvalue weighted by molar-refractivity contribution is 7.86. The van der Waals surface area contributed by atoms with Crippen LogP contribution in [0.5, 0.6) is 0 Å². The Morgan fingerprint density at radius 2 is 2.00 bits per heavy atom. The van der Waals surface area contributed by atoms with Gasteiger partial charge in [-0.2, -0.15) is 17.0 Å². The number of nitrogens with zero attached hydrogens (tertiary/aromatic N) is 2. The summed E-state index contributed by atoms with van der Waals surface area (Å²) >= 11 is 0. The van der Waals surface area contributed by atoms with Crippen LogP contribution in [0.4, 0.5) is 0 Å². The molecule has 0 aromatic rings. The number of hydrogen-bond acceptors (Lipinski definition) is 8. The van der Waals surface area contributed by atoms with E-state index in [1.54, 1.807) is 0 Å². The second-order valence-electron chi connectivity index (χ2n) is 6.88. The molecule has 2 unspecified atom stereocenters. The Bertz CT molecular complexity index is 523. The lowest BCUT2D eigenvalue weighted by molar-refractivity contribution is 0.170. The molecule has 9 N–H and O–H groups in total. The smallest absolute Gasteiger partial charge is 0.427 e. The molecule has 0 aliphatic carbocycles. The first-order valence-electron chi connectivity index (χ1n) is 8.83. The molecule has 2 heterocycles. The van der Waals surface area contributed by atoms with Crippen molar-refractivity contribution in [1.29, 1.82) is 0 Å². The number of nitrogens with one attached hydrogen (secondary N) is 1. The van der Waals surface area contributed by atoms with Gasteiger partial charge in [0.05, 0.1) is 6.04 Å². The quantitative estimate of drug-likeness (QED) is 0.211. The molecule has 0 spiro atoms. The molecular formula is C13H31BN6O4S. The average Bonchev–Trinajstić information content (AvgIpc) is 2.88. The summed E-state index contributed by atoms with van der Waals surface area (Å²) in [6.07, 6.45) is 1.53. The maximum absolute atomic E-state index is 13.1. The number of hydrogen-bond donors (Lipinski definition) is 6. The summed E-state index contributed by atoms with van der Waals surface area (Å²) < 4.78 is 29.0. The van der Waals surface area contributed by atoms with E-state index in [1.165, 1.54) is 8.61 Å². The van der Waals surface area contributed by atoms with Gasteiger partial charge in [-0.25, -0.2) is 0 Å². The molecule has 0 saturated carbocycles. The highest BCUT2D eigenvalue weighted by Gasteiger charge is 2.45. The van der Waals surface area contributed by atoms with E-state index in [4.69, 9.17) is 27.2 Å². The van der Waals surface area contributed by atoms with E-state index >= 15 is 0 Å². The van der Waals surface area contributed by atoms with Crippen LogP contribution in [-0.2, 0) is 10.2 Å². The van der Waals surface area contributed by atoms with E-state index in [0.717, 1.165) is 0 Å². The predicted octanol–water partition coefficient (Wildman–Crippen LogP) is -3.70. The van der Waals surface area contributed by atoms with Crippen molar-refractivity contribution in [3.63, 3.8) is 0 Å². The third-order valence-electron chi connectivity index (χ3n) is 5.14. The van der Waals surface area contributed by atoms with Gasteiger partial charge in [-0.3, -0.25) is 0 Å². The molecule has 4 atom stereocenters. The molecule has 10 nitrogen and oxygen atoms in total. The third-order valence-corrected chi connectivity index (χ3v) is 7.14. The van der Waals surface area contributed by atoms with Crippen molar-refractivity contribution in [1.82, 2.24) is 13.9 Å². The Labute approximate surface area is 150 Å². The fraction of sp³-hybridized carbons (Fsp3) is 1.00. The fourth-order valence-electron chi connectivity index (χ4n) is 3.57. The lowest BCUT2D eigenvalue weighted by Crippen LogP contribution is -2.69. The second-order valence-corrected chi connectivity index (χ2v) is 8.76. The topological polar surface area (TPSA) is 171 Å². The third kappa shape index (κ3) is 4.90. The monoisotopic (exact) mass is 378 g/mol. The Balaban J connectivity index is 2.02. The zero-order chi connectivity index (χ0) is 18.6. The molecule has 2 fully saturated rings. The van der Waals surface area contributed by atoms with Gasteiger partial charge >= 0.3 is 7.12 Å². The van der Waals surface area contributed by atoms with E-state index in [-0.39, 0.29) is 50.0 Å². The van der Waals surface area contributed by atoms with Crippen molar-refractivity contribution in [3.05, 3.63) is 0 Å². The van der Waals surface area contributed by atoms with Gasteiger partial charge in [-0.05, 0) is 18.7 Å². The van der Waals surface area contributed by atoms with Gasteiger partial charge in [-0.15, -0.1) is 0 Å². The van der Waals surface area contributed by atoms with Crippen molar-refractivity contribution >= 4 is 17.3 Å². The Hall–Kier alpha value is -0.305. The largest absolute Gasteiger partial charge is 0.451 e. The second kappa shape index (κ2) is 9.06.